The summed E-state index contributed by atoms with van der Waals surface area (Å²) in [5, 5.41) is 2.57. The van der Waals surface area contributed by atoms with Crippen molar-refractivity contribution in [1.82, 2.24) is 5.32 Å². The lowest BCUT2D eigenvalue weighted by Crippen LogP contribution is -2.28. The highest BCUT2D eigenvalue weighted by Crippen LogP contribution is 2.32. The minimum Gasteiger partial charge on any atom is -0.460 e. The van der Waals surface area contributed by atoms with E-state index in [0.717, 1.165) is 37.8 Å². The zero-order chi connectivity index (χ0) is 18.0. The van der Waals surface area contributed by atoms with Crippen molar-refractivity contribution in [3.63, 3.8) is 0 Å². The first-order valence-electron chi connectivity index (χ1n) is 7.96. The third-order valence-electron chi connectivity index (χ3n) is 3.37. The molecule has 0 bridgehead atoms. The second-order valence-corrected chi connectivity index (χ2v) is 5.34. The Labute approximate surface area is 139 Å². The fourth-order valence-electron chi connectivity index (χ4n) is 2.12. The molecule has 0 saturated carbocycles. The molecule has 0 fully saturated rings. The lowest BCUT2D eigenvalue weighted by molar-refractivity contribution is -0.138. The van der Waals surface area contributed by atoms with Crippen molar-refractivity contribution in [3.8, 4) is 0 Å². The molecule has 1 amide bonds. The van der Waals surface area contributed by atoms with E-state index in [9.17, 15) is 22.8 Å². The molecule has 4 nitrogen and oxygen atoms in total. The van der Waals surface area contributed by atoms with Gasteiger partial charge in [0.05, 0.1) is 17.7 Å². The van der Waals surface area contributed by atoms with Crippen LogP contribution in [0.4, 0.5) is 13.2 Å². The Kier molecular flexibility index (Phi) is 8.29. The van der Waals surface area contributed by atoms with E-state index in [1.807, 2.05) is 0 Å². The number of ether oxygens (including phenoxy) is 1. The summed E-state index contributed by atoms with van der Waals surface area (Å²) in [6.45, 7) is 1.98. The number of nitrogens with one attached hydrogen (secondary N) is 1. The van der Waals surface area contributed by atoms with Gasteiger partial charge in [-0.3, -0.25) is 4.79 Å². The normalized spacial score (nSPS) is 11.2. The number of hydrogen-bond donors (Lipinski definition) is 1. The van der Waals surface area contributed by atoms with Crippen LogP contribution >= 0.6 is 0 Å². The van der Waals surface area contributed by atoms with Crippen LogP contribution in [0, 0.1) is 0 Å². The lowest BCUT2D eigenvalue weighted by Gasteiger charge is -2.12. The summed E-state index contributed by atoms with van der Waals surface area (Å²) >= 11 is 0. The molecule has 1 rings (SSSR count). The van der Waals surface area contributed by atoms with E-state index in [0.29, 0.717) is 6.42 Å². The van der Waals surface area contributed by atoms with E-state index in [1.165, 1.54) is 12.1 Å². The van der Waals surface area contributed by atoms with Crippen LogP contribution in [0.1, 0.15) is 54.9 Å². The first kappa shape index (κ1) is 20.0. The number of esters is 1. The number of halogens is 3. The molecule has 134 valence electrons. The molecular formula is C17H22F3NO3. The number of amides is 1. The molecule has 0 aliphatic rings. The van der Waals surface area contributed by atoms with Gasteiger partial charge in [-0.2, -0.15) is 13.2 Å². The molecule has 1 aromatic rings. The Morgan fingerprint density at radius 1 is 1.12 bits per heavy atom. The fraction of sp³-hybridized carbons (Fsp3) is 0.529. The van der Waals surface area contributed by atoms with Crippen molar-refractivity contribution in [2.75, 3.05) is 13.2 Å². The predicted molar refractivity (Wildman–Crippen MR) is 83.5 cm³/mol. The Balaban J connectivity index is 2.36. The molecule has 0 saturated heterocycles. The number of unbranched alkanes of at least 4 members (excludes halogenated alkanes) is 3. The highest BCUT2D eigenvalue weighted by molar-refractivity contribution is 5.91. The molecule has 0 atom stereocenters. The smallest absolute Gasteiger partial charge is 0.417 e. The van der Waals surface area contributed by atoms with Crippen LogP contribution in [-0.4, -0.2) is 25.0 Å². The van der Waals surface area contributed by atoms with Crippen LogP contribution in [-0.2, 0) is 15.7 Å². The van der Waals surface area contributed by atoms with Crippen LogP contribution in [0.25, 0.3) is 0 Å². The molecule has 0 aliphatic heterocycles. The van der Waals surface area contributed by atoms with E-state index in [2.05, 4.69) is 12.2 Å². The SMILES string of the molecule is CCCCCCC(=O)NCCOC(=O)c1ccccc1C(F)(F)F. The van der Waals surface area contributed by atoms with Crippen LogP contribution < -0.4 is 5.32 Å². The second-order valence-electron chi connectivity index (χ2n) is 5.34. The van der Waals surface area contributed by atoms with Crippen molar-refractivity contribution < 1.29 is 27.5 Å². The largest absolute Gasteiger partial charge is 0.460 e. The van der Waals surface area contributed by atoms with Gasteiger partial charge in [-0.05, 0) is 18.6 Å². The summed E-state index contributed by atoms with van der Waals surface area (Å²) < 4.78 is 43.2. The molecule has 24 heavy (non-hydrogen) atoms. The topological polar surface area (TPSA) is 55.4 Å². The van der Waals surface area contributed by atoms with Gasteiger partial charge in [0.2, 0.25) is 5.91 Å². The van der Waals surface area contributed by atoms with Gasteiger partial charge in [-0.15, -0.1) is 0 Å². The molecule has 0 radical (unpaired) electrons. The molecule has 7 heteroatoms. The monoisotopic (exact) mass is 345 g/mol. The number of carbonyl (C=O) groups is 2. The maximum Gasteiger partial charge on any atom is 0.417 e. The molecule has 0 spiro atoms. The van der Waals surface area contributed by atoms with E-state index in [-0.39, 0.29) is 19.1 Å². The zero-order valence-electron chi connectivity index (χ0n) is 13.6. The number of hydrogen-bond acceptors (Lipinski definition) is 3. The van der Waals surface area contributed by atoms with Crippen molar-refractivity contribution in [1.29, 1.82) is 0 Å². The summed E-state index contributed by atoms with van der Waals surface area (Å²) in [5.41, 5.74) is -1.56. The maximum atomic E-state index is 12.8. The van der Waals surface area contributed by atoms with Crippen molar-refractivity contribution >= 4 is 11.9 Å². The van der Waals surface area contributed by atoms with Gasteiger partial charge < -0.3 is 10.1 Å². The summed E-state index contributed by atoms with van der Waals surface area (Å²) in [5.74, 6) is -1.21. The Morgan fingerprint density at radius 2 is 1.83 bits per heavy atom. The number of benzene rings is 1. The van der Waals surface area contributed by atoms with E-state index >= 15 is 0 Å². The molecule has 0 heterocycles. The Hall–Kier alpha value is -2.05. The van der Waals surface area contributed by atoms with Crippen molar-refractivity contribution in [3.05, 3.63) is 35.4 Å². The van der Waals surface area contributed by atoms with Gasteiger partial charge in [0.25, 0.3) is 0 Å². The van der Waals surface area contributed by atoms with Crippen LogP contribution in [0.2, 0.25) is 0 Å². The zero-order valence-corrected chi connectivity index (χ0v) is 13.6. The Bertz CT molecular complexity index is 544. The highest BCUT2D eigenvalue weighted by atomic mass is 19.4. The van der Waals surface area contributed by atoms with Gasteiger partial charge >= 0.3 is 12.1 Å². The van der Waals surface area contributed by atoms with E-state index in [1.54, 1.807) is 0 Å². The van der Waals surface area contributed by atoms with E-state index in [4.69, 9.17) is 4.74 Å². The molecule has 0 aromatic heterocycles. The van der Waals surface area contributed by atoms with Gasteiger partial charge in [0.15, 0.2) is 0 Å². The average molecular weight is 345 g/mol. The molecule has 1 aromatic carbocycles. The first-order chi connectivity index (χ1) is 11.4. The number of carbonyl (C=O) groups excluding carboxylic acids is 2. The minimum atomic E-state index is -4.62. The maximum absolute atomic E-state index is 12.8. The Morgan fingerprint density at radius 3 is 2.50 bits per heavy atom. The molecule has 0 unspecified atom stereocenters. The fourth-order valence-corrected chi connectivity index (χ4v) is 2.12. The molecule has 0 aliphatic carbocycles. The van der Waals surface area contributed by atoms with Gasteiger partial charge in [-0.25, -0.2) is 4.79 Å². The van der Waals surface area contributed by atoms with Crippen LogP contribution in [0.5, 0.6) is 0 Å². The minimum absolute atomic E-state index is 0.0759. The third-order valence-corrected chi connectivity index (χ3v) is 3.37. The molecule has 1 N–H and O–H groups in total. The first-order valence-corrected chi connectivity index (χ1v) is 7.96. The number of rotatable bonds is 9. The van der Waals surface area contributed by atoms with E-state index < -0.39 is 23.3 Å². The van der Waals surface area contributed by atoms with Crippen LogP contribution in [0.15, 0.2) is 24.3 Å². The summed E-state index contributed by atoms with van der Waals surface area (Å²) in [6, 6.07) is 4.44. The second kappa shape index (κ2) is 9.95. The standard InChI is InChI=1S/C17H22F3NO3/c1-2-3-4-5-10-15(22)21-11-12-24-16(23)13-8-6-7-9-14(13)17(18,19)20/h6-9H,2-5,10-12H2,1H3,(H,21,22). The quantitative estimate of drug-likeness (QED) is 0.545. The predicted octanol–water partition coefficient (Wildman–Crippen LogP) is 3.95. The van der Waals surface area contributed by atoms with Crippen molar-refractivity contribution in [2.45, 2.75) is 45.2 Å². The van der Waals surface area contributed by atoms with Crippen LogP contribution in [0.3, 0.4) is 0 Å². The summed E-state index contributed by atoms with van der Waals surface area (Å²) in [6.07, 6.45) is -0.306. The third kappa shape index (κ3) is 7.02. The number of alkyl halides is 3. The van der Waals surface area contributed by atoms with Gasteiger partial charge in [0, 0.05) is 6.42 Å². The summed E-state index contributed by atoms with van der Waals surface area (Å²) in [4.78, 5) is 23.3. The average Bonchev–Trinajstić information content (AvgIpc) is 2.54. The van der Waals surface area contributed by atoms with Crippen molar-refractivity contribution in [2.24, 2.45) is 0 Å². The van der Waals surface area contributed by atoms with Gasteiger partial charge in [0.1, 0.15) is 6.61 Å². The van der Waals surface area contributed by atoms with Gasteiger partial charge in [-0.1, -0.05) is 38.3 Å². The lowest BCUT2D eigenvalue weighted by atomic mass is 10.1. The highest BCUT2D eigenvalue weighted by Gasteiger charge is 2.35. The molecular weight excluding hydrogens is 323 g/mol. The summed E-state index contributed by atoms with van der Waals surface area (Å²) in [7, 11) is 0.